The zero-order valence-electron chi connectivity index (χ0n) is 14.9. The smallest absolute Gasteiger partial charge is 0.258 e. The van der Waals surface area contributed by atoms with Gasteiger partial charge in [-0.1, -0.05) is 30.3 Å². The van der Waals surface area contributed by atoms with Crippen LogP contribution in [0, 0.1) is 0 Å². The van der Waals surface area contributed by atoms with Crippen LogP contribution in [0.25, 0.3) is 10.9 Å². The lowest BCUT2D eigenvalue weighted by Crippen LogP contribution is -2.28. The summed E-state index contributed by atoms with van der Waals surface area (Å²) in [6.07, 6.45) is 0.948. The van der Waals surface area contributed by atoms with E-state index in [9.17, 15) is 9.59 Å². The largest absolute Gasteiger partial charge is 0.496 e. The lowest BCUT2D eigenvalue weighted by Gasteiger charge is -2.17. The van der Waals surface area contributed by atoms with Gasteiger partial charge < -0.3 is 14.6 Å². The number of H-pyrrole nitrogens is 1. The van der Waals surface area contributed by atoms with Crippen molar-refractivity contribution in [2.24, 2.45) is 0 Å². The van der Waals surface area contributed by atoms with Gasteiger partial charge in [-0.2, -0.15) is 0 Å². The monoisotopic (exact) mass is 351 g/mol. The Morgan fingerprint density at radius 1 is 1.15 bits per heavy atom. The summed E-state index contributed by atoms with van der Waals surface area (Å²) in [4.78, 5) is 33.3. The molecule has 0 aliphatic rings. The van der Waals surface area contributed by atoms with Crippen LogP contribution in [0.1, 0.15) is 17.8 Å². The summed E-state index contributed by atoms with van der Waals surface area (Å²) in [5.41, 5.74) is 1.43. The second-order valence-electron chi connectivity index (χ2n) is 6.09. The Balaban J connectivity index is 1.67. The number of fused-ring (bicyclic) bond motifs is 1. The number of hydrogen-bond acceptors (Lipinski definition) is 4. The number of rotatable bonds is 6. The number of para-hydroxylation sites is 2. The Bertz CT molecular complexity index is 981. The van der Waals surface area contributed by atoms with Gasteiger partial charge in [-0.25, -0.2) is 4.98 Å². The average molecular weight is 351 g/mol. The molecule has 2 aromatic carbocycles. The Morgan fingerprint density at radius 3 is 2.69 bits per heavy atom. The first-order chi connectivity index (χ1) is 12.6. The number of methoxy groups -OCH3 is 1. The molecule has 134 valence electrons. The highest BCUT2D eigenvalue weighted by Gasteiger charge is 2.13. The highest BCUT2D eigenvalue weighted by molar-refractivity contribution is 5.78. The number of amides is 1. The van der Waals surface area contributed by atoms with E-state index < -0.39 is 0 Å². The van der Waals surface area contributed by atoms with E-state index >= 15 is 0 Å². The molecule has 3 aromatic rings. The van der Waals surface area contributed by atoms with Crippen LogP contribution in [0.2, 0.25) is 0 Å². The van der Waals surface area contributed by atoms with Crippen molar-refractivity contribution in [1.82, 2.24) is 14.9 Å². The summed E-state index contributed by atoms with van der Waals surface area (Å²) >= 11 is 0. The van der Waals surface area contributed by atoms with Crippen LogP contribution in [-0.2, 0) is 17.8 Å². The second kappa shape index (κ2) is 7.82. The number of aromatic nitrogens is 2. The summed E-state index contributed by atoms with van der Waals surface area (Å²) in [7, 11) is 3.33. The molecule has 1 N–H and O–H groups in total. The SMILES string of the molecule is COc1ccccc1CCC(=O)N(C)Cc1nc2ccccc2c(=O)[nH]1. The van der Waals surface area contributed by atoms with E-state index in [1.807, 2.05) is 30.3 Å². The normalized spacial score (nSPS) is 10.7. The van der Waals surface area contributed by atoms with Gasteiger partial charge in [0, 0.05) is 13.5 Å². The number of nitrogens with one attached hydrogen (secondary N) is 1. The molecular formula is C20H21N3O3. The van der Waals surface area contributed by atoms with Crippen LogP contribution in [0.4, 0.5) is 0 Å². The van der Waals surface area contributed by atoms with Crippen LogP contribution < -0.4 is 10.3 Å². The molecule has 0 bridgehead atoms. The molecule has 6 nitrogen and oxygen atoms in total. The van der Waals surface area contributed by atoms with Gasteiger partial charge in [0.15, 0.2) is 0 Å². The first-order valence-electron chi connectivity index (χ1n) is 8.42. The number of aryl methyl sites for hydroxylation is 1. The van der Waals surface area contributed by atoms with Gasteiger partial charge in [-0.05, 0) is 30.2 Å². The second-order valence-corrected chi connectivity index (χ2v) is 6.09. The van der Waals surface area contributed by atoms with E-state index in [1.54, 1.807) is 37.3 Å². The van der Waals surface area contributed by atoms with Gasteiger partial charge in [0.1, 0.15) is 11.6 Å². The Labute approximate surface area is 151 Å². The van der Waals surface area contributed by atoms with Gasteiger partial charge in [-0.3, -0.25) is 9.59 Å². The number of aromatic amines is 1. The fraction of sp³-hybridized carbons (Fsp3) is 0.250. The third kappa shape index (κ3) is 3.91. The number of nitrogens with zero attached hydrogens (tertiary/aromatic N) is 2. The van der Waals surface area contributed by atoms with Gasteiger partial charge >= 0.3 is 0 Å². The molecule has 1 aromatic heterocycles. The first kappa shape index (κ1) is 17.7. The molecule has 0 saturated carbocycles. The lowest BCUT2D eigenvalue weighted by molar-refractivity contribution is -0.130. The van der Waals surface area contributed by atoms with Crippen molar-refractivity contribution in [1.29, 1.82) is 0 Å². The zero-order valence-corrected chi connectivity index (χ0v) is 14.9. The molecule has 1 heterocycles. The molecule has 0 unspecified atom stereocenters. The van der Waals surface area contributed by atoms with Crippen molar-refractivity contribution in [3.8, 4) is 5.75 Å². The minimum atomic E-state index is -0.194. The molecule has 6 heteroatoms. The van der Waals surface area contributed by atoms with Crippen LogP contribution in [0.5, 0.6) is 5.75 Å². The van der Waals surface area contributed by atoms with E-state index in [-0.39, 0.29) is 18.0 Å². The molecular weight excluding hydrogens is 330 g/mol. The summed E-state index contributed by atoms with van der Waals surface area (Å²) in [5, 5.41) is 0.543. The van der Waals surface area contributed by atoms with Crippen LogP contribution in [-0.4, -0.2) is 34.9 Å². The fourth-order valence-corrected chi connectivity index (χ4v) is 2.86. The summed E-state index contributed by atoms with van der Waals surface area (Å²) in [6.45, 7) is 0.255. The minimum absolute atomic E-state index is 0.0216. The number of benzene rings is 2. The summed E-state index contributed by atoms with van der Waals surface area (Å²) in [5.74, 6) is 1.23. The quantitative estimate of drug-likeness (QED) is 0.740. The van der Waals surface area contributed by atoms with Crippen molar-refractivity contribution < 1.29 is 9.53 Å². The van der Waals surface area contributed by atoms with Gasteiger partial charge in [0.05, 0.1) is 24.6 Å². The van der Waals surface area contributed by atoms with Gasteiger partial charge in [-0.15, -0.1) is 0 Å². The molecule has 0 spiro atoms. The maximum atomic E-state index is 12.4. The van der Waals surface area contributed by atoms with Crippen molar-refractivity contribution in [3.63, 3.8) is 0 Å². The number of ether oxygens (including phenoxy) is 1. The average Bonchev–Trinajstić information content (AvgIpc) is 2.66. The van der Waals surface area contributed by atoms with Crippen molar-refractivity contribution in [2.75, 3.05) is 14.2 Å². The highest BCUT2D eigenvalue weighted by Crippen LogP contribution is 2.19. The lowest BCUT2D eigenvalue weighted by atomic mass is 10.1. The summed E-state index contributed by atoms with van der Waals surface area (Å²) in [6, 6.07) is 14.8. The molecule has 0 aliphatic heterocycles. The molecule has 0 saturated heterocycles. The zero-order chi connectivity index (χ0) is 18.5. The molecule has 0 radical (unpaired) electrons. The Morgan fingerprint density at radius 2 is 1.88 bits per heavy atom. The van der Waals surface area contributed by atoms with Crippen LogP contribution in [0.3, 0.4) is 0 Å². The number of carbonyl (C=O) groups is 1. The van der Waals surface area contributed by atoms with E-state index in [4.69, 9.17) is 4.74 Å². The maximum absolute atomic E-state index is 12.4. The van der Waals surface area contributed by atoms with E-state index in [0.717, 1.165) is 11.3 Å². The molecule has 0 fully saturated rings. The molecule has 0 aliphatic carbocycles. The number of carbonyl (C=O) groups excluding carboxylic acids is 1. The highest BCUT2D eigenvalue weighted by atomic mass is 16.5. The third-order valence-corrected chi connectivity index (χ3v) is 4.28. The standard InChI is InChI=1S/C20H21N3O3/c1-23(19(24)12-11-14-7-3-6-10-17(14)26-2)13-18-21-16-9-5-4-8-15(16)20(25)22-18/h3-10H,11-13H2,1-2H3,(H,21,22,25). The molecule has 1 amide bonds. The Kier molecular flexibility index (Phi) is 5.31. The van der Waals surface area contributed by atoms with Gasteiger partial charge in [0.25, 0.3) is 5.56 Å². The maximum Gasteiger partial charge on any atom is 0.258 e. The molecule has 26 heavy (non-hydrogen) atoms. The first-order valence-corrected chi connectivity index (χ1v) is 8.42. The minimum Gasteiger partial charge on any atom is -0.496 e. The van der Waals surface area contributed by atoms with Crippen LogP contribution >= 0.6 is 0 Å². The van der Waals surface area contributed by atoms with Crippen LogP contribution in [0.15, 0.2) is 53.3 Å². The van der Waals surface area contributed by atoms with E-state index in [0.29, 0.717) is 29.6 Å². The molecule has 3 rings (SSSR count). The summed E-state index contributed by atoms with van der Waals surface area (Å²) < 4.78 is 5.31. The van der Waals surface area contributed by atoms with E-state index in [1.165, 1.54) is 0 Å². The predicted molar refractivity (Wildman–Crippen MR) is 100 cm³/mol. The fourth-order valence-electron chi connectivity index (χ4n) is 2.86. The number of hydrogen-bond donors (Lipinski definition) is 1. The predicted octanol–water partition coefficient (Wildman–Crippen LogP) is 2.52. The van der Waals surface area contributed by atoms with Gasteiger partial charge in [0.2, 0.25) is 5.91 Å². The molecule has 0 atom stereocenters. The topological polar surface area (TPSA) is 75.3 Å². The Hall–Kier alpha value is -3.15. The van der Waals surface area contributed by atoms with Crippen molar-refractivity contribution in [3.05, 3.63) is 70.3 Å². The van der Waals surface area contributed by atoms with E-state index in [2.05, 4.69) is 9.97 Å². The van der Waals surface area contributed by atoms with Crippen molar-refractivity contribution in [2.45, 2.75) is 19.4 Å². The third-order valence-electron chi connectivity index (χ3n) is 4.28. The van der Waals surface area contributed by atoms with Crippen molar-refractivity contribution >= 4 is 16.8 Å².